The van der Waals surface area contributed by atoms with Gasteiger partial charge < -0.3 is 10.1 Å². The van der Waals surface area contributed by atoms with Crippen molar-refractivity contribution in [1.29, 1.82) is 0 Å². The molecule has 0 saturated carbocycles. The highest BCUT2D eigenvalue weighted by Crippen LogP contribution is 2.23. The Bertz CT molecular complexity index is 134. The number of hydrogen-bond acceptors (Lipinski definition) is 3. The summed E-state index contributed by atoms with van der Waals surface area (Å²) in [6, 6.07) is 0. The third kappa shape index (κ3) is 3.40. The zero-order valence-corrected chi connectivity index (χ0v) is 8.26. The molecule has 11 heavy (non-hydrogen) atoms. The van der Waals surface area contributed by atoms with Gasteiger partial charge in [-0.25, -0.2) is 0 Å². The minimum atomic E-state index is 0.307. The van der Waals surface area contributed by atoms with Gasteiger partial charge in [0.2, 0.25) is 0 Å². The van der Waals surface area contributed by atoms with E-state index in [-0.39, 0.29) is 0 Å². The minimum Gasteiger partial charge on any atom is -0.371 e. The van der Waals surface area contributed by atoms with Crippen molar-refractivity contribution in [2.45, 2.75) is 25.2 Å². The topological polar surface area (TPSA) is 21.3 Å². The lowest BCUT2D eigenvalue weighted by molar-refractivity contribution is 0.174. The van der Waals surface area contributed by atoms with Crippen LogP contribution in [0.15, 0.2) is 0 Å². The van der Waals surface area contributed by atoms with Crippen LogP contribution >= 0.6 is 24.0 Å². The van der Waals surface area contributed by atoms with Gasteiger partial charge in [0.25, 0.3) is 0 Å². The van der Waals surface area contributed by atoms with Crippen molar-refractivity contribution < 1.29 is 4.74 Å². The Morgan fingerprint density at radius 2 is 2.64 bits per heavy atom. The highest BCUT2D eigenvalue weighted by Gasteiger charge is 2.17. The van der Waals surface area contributed by atoms with Gasteiger partial charge in [0, 0.05) is 13.2 Å². The van der Waals surface area contributed by atoms with Gasteiger partial charge in [0.05, 0.1) is 0 Å². The third-order valence-electron chi connectivity index (χ3n) is 1.45. The maximum atomic E-state index is 5.41. The summed E-state index contributed by atoms with van der Waals surface area (Å²) in [6.45, 7) is 3.84. The van der Waals surface area contributed by atoms with Crippen molar-refractivity contribution in [2.75, 3.05) is 13.2 Å². The van der Waals surface area contributed by atoms with Gasteiger partial charge in [-0.2, -0.15) is 0 Å². The van der Waals surface area contributed by atoms with E-state index in [0.717, 1.165) is 23.9 Å². The van der Waals surface area contributed by atoms with Crippen molar-refractivity contribution >= 4 is 28.3 Å². The number of rotatable bonds is 2. The molecule has 1 heterocycles. The van der Waals surface area contributed by atoms with E-state index in [1.165, 1.54) is 6.42 Å². The van der Waals surface area contributed by atoms with Crippen LogP contribution in [-0.2, 0) is 4.74 Å². The van der Waals surface area contributed by atoms with Gasteiger partial charge in [-0.15, -0.1) is 0 Å². The SMILES string of the molecule is CCNC(=S)SC1CCCO1. The molecule has 4 heteroatoms. The third-order valence-corrected chi connectivity index (χ3v) is 2.87. The molecule has 0 spiro atoms. The molecule has 0 aromatic carbocycles. The van der Waals surface area contributed by atoms with Gasteiger partial charge in [-0.1, -0.05) is 24.0 Å². The summed E-state index contributed by atoms with van der Waals surface area (Å²) in [5.74, 6) is 0. The minimum absolute atomic E-state index is 0.307. The lowest BCUT2D eigenvalue weighted by Crippen LogP contribution is -2.20. The summed E-state index contributed by atoms with van der Waals surface area (Å²) in [6.07, 6.45) is 2.31. The van der Waals surface area contributed by atoms with Crippen LogP contribution in [0.3, 0.4) is 0 Å². The summed E-state index contributed by atoms with van der Waals surface area (Å²) in [5.41, 5.74) is 0.307. The molecule has 1 rings (SSSR count). The molecule has 0 radical (unpaired) electrons. The fourth-order valence-electron chi connectivity index (χ4n) is 0.946. The van der Waals surface area contributed by atoms with Gasteiger partial charge in [-0.05, 0) is 19.8 Å². The smallest absolute Gasteiger partial charge is 0.136 e. The Labute approximate surface area is 77.1 Å². The first-order valence-electron chi connectivity index (χ1n) is 3.89. The van der Waals surface area contributed by atoms with E-state index in [0.29, 0.717) is 5.44 Å². The van der Waals surface area contributed by atoms with E-state index in [9.17, 15) is 0 Å². The van der Waals surface area contributed by atoms with E-state index in [4.69, 9.17) is 17.0 Å². The lowest BCUT2D eigenvalue weighted by atomic mass is 10.4. The molecule has 1 aliphatic heterocycles. The predicted octanol–water partition coefficient (Wildman–Crippen LogP) is 1.75. The highest BCUT2D eigenvalue weighted by molar-refractivity contribution is 8.23. The van der Waals surface area contributed by atoms with Crippen molar-refractivity contribution in [3.05, 3.63) is 0 Å². The number of thiocarbonyl (C=S) groups is 1. The summed E-state index contributed by atoms with van der Waals surface area (Å²) >= 11 is 6.69. The maximum Gasteiger partial charge on any atom is 0.136 e. The van der Waals surface area contributed by atoms with E-state index in [1.807, 2.05) is 6.92 Å². The molecule has 64 valence electrons. The fraction of sp³-hybridized carbons (Fsp3) is 0.857. The van der Waals surface area contributed by atoms with E-state index < -0.39 is 0 Å². The second kappa shape index (κ2) is 4.95. The van der Waals surface area contributed by atoms with Gasteiger partial charge in [0.15, 0.2) is 0 Å². The molecular weight excluding hydrogens is 178 g/mol. The van der Waals surface area contributed by atoms with Crippen molar-refractivity contribution in [3.8, 4) is 0 Å². The Balaban J connectivity index is 2.13. The zero-order chi connectivity index (χ0) is 8.10. The Morgan fingerprint density at radius 1 is 1.82 bits per heavy atom. The van der Waals surface area contributed by atoms with Crippen LogP contribution in [0.2, 0.25) is 0 Å². The van der Waals surface area contributed by atoms with Crippen LogP contribution in [0.25, 0.3) is 0 Å². The second-order valence-electron chi connectivity index (χ2n) is 2.38. The lowest BCUT2D eigenvalue weighted by Gasteiger charge is -2.09. The molecule has 1 aliphatic rings. The summed E-state index contributed by atoms with van der Waals surface area (Å²) < 4.78 is 6.27. The maximum absolute atomic E-state index is 5.41. The van der Waals surface area contributed by atoms with Crippen LogP contribution in [0.1, 0.15) is 19.8 Å². The molecule has 0 aliphatic carbocycles. The molecular formula is C7H13NOS2. The first-order valence-corrected chi connectivity index (χ1v) is 5.18. The monoisotopic (exact) mass is 191 g/mol. The largest absolute Gasteiger partial charge is 0.371 e. The molecule has 1 atom stereocenters. The molecule has 2 nitrogen and oxygen atoms in total. The second-order valence-corrected chi connectivity index (χ2v) is 4.21. The van der Waals surface area contributed by atoms with E-state index in [1.54, 1.807) is 11.8 Å². The van der Waals surface area contributed by atoms with Crippen LogP contribution in [0.4, 0.5) is 0 Å². The van der Waals surface area contributed by atoms with Crippen LogP contribution < -0.4 is 5.32 Å². The fourth-order valence-corrected chi connectivity index (χ4v) is 2.33. The van der Waals surface area contributed by atoms with Crippen molar-refractivity contribution in [3.63, 3.8) is 0 Å². The first kappa shape index (κ1) is 9.29. The summed E-state index contributed by atoms with van der Waals surface area (Å²) in [7, 11) is 0. The quantitative estimate of drug-likeness (QED) is 0.671. The van der Waals surface area contributed by atoms with Gasteiger partial charge in [-0.3, -0.25) is 0 Å². The summed E-state index contributed by atoms with van der Waals surface area (Å²) in [5, 5.41) is 3.09. The standard InChI is InChI=1S/C7H13NOS2/c1-2-8-7(10)11-6-4-3-5-9-6/h6H,2-5H2,1H3,(H,8,10). The molecule has 1 N–H and O–H groups in total. The summed E-state index contributed by atoms with van der Waals surface area (Å²) in [4.78, 5) is 0. The normalized spacial score (nSPS) is 23.5. The van der Waals surface area contributed by atoms with Crippen molar-refractivity contribution in [2.24, 2.45) is 0 Å². The molecule has 1 unspecified atom stereocenters. The number of nitrogens with one attached hydrogen (secondary N) is 1. The van der Waals surface area contributed by atoms with Crippen LogP contribution in [0, 0.1) is 0 Å². The number of hydrogen-bond donors (Lipinski definition) is 1. The first-order chi connectivity index (χ1) is 5.33. The van der Waals surface area contributed by atoms with Gasteiger partial charge >= 0.3 is 0 Å². The van der Waals surface area contributed by atoms with Crippen LogP contribution in [-0.4, -0.2) is 22.9 Å². The average molecular weight is 191 g/mol. The zero-order valence-electron chi connectivity index (χ0n) is 6.63. The van der Waals surface area contributed by atoms with Gasteiger partial charge in [0.1, 0.15) is 9.76 Å². The number of ether oxygens (including phenoxy) is 1. The average Bonchev–Trinajstić information content (AvgIpc) is 2.40. The Kier molecular flexibility index (Phi) is 4.18. The highest BCUT2D eigenvalue weighted by atomic mass is 32.2. The predicted molar refractivity (Wildman–Crippen MR) is 52.8 cm³/mol. The molecule has 0 aromatic rings. The molecule has 1 fully saturated rings. The molecule has 0 amide bonds. The number of thioether (sulfide) groups is 1. The molecule has 0 aromatic heterocycles. The molecule has 0 bridgehead atoms. The Morgan fingerprint density at radius 3 is 3.18 bits per heavy atom. The Hall–Kier alpha value is 0.200. The van der Waals surface area contributed by atoms with Crippen molar-refractivity contribution in [1.82, 2.24) is 5.32 Å². The molecule has 1 saturated heterocycles. The van der Waals surface area contributed by atoms with E-state index in [2.05, 4.69) is 5.32 Å². The van der Waals surface area contributed by atoms with Crippen LogP contribution in [0.5, 0.6) is 0 Å². The van der Waals surface area contributed by atoms with E-state index >= 15 is 0 Å².